The first-order valence-electron chi connectivity index (χ1n) is 7.32. The molecule has 0 unspecified atom stereocenters. The largest absolute Gasteiger partial charge is 0.300 e. The van der Waals surface area contributed by atoms with Gasteiger partial charge in [0.2, 0.25) is 11.0 Å². The zero-order valence-electron chi connectivity index (χ0n) is 12.9. The number of carbonyl (C=O) groups is 1. The number of nitrogens with zero attached hydrogens (tertiary/aromatic N) is 2. The first kappa shape index (κ1) is 16.5. The number of benzene rings is 2. The molecular weight excluding hydrogens is 346 g/mol. The van der Waals surface area contributed by atoms with Gasteiger partial charge >= 0.3 is 0 Å². The quantitative estimate of drug-likeness (QED) is 0.755. The van der Waals surface area contributed by atoms with E-state index in [9.17, 15) is 13.2 Å². The Morgan fingerprint density at radius 1 is 1.12 bits per heavy atom. The van der Waals surface area contributed by atoms with Gasteiger partial charge in [-0.25, -0.2) is 8.42 Å². The topological polar surface area (TPSA) is 89.0 Å². The molecule has 8 heteroatoms. The molecule has 0 aliphatic carbocycles. The van der Waals surface area contributed by atoms with E-state index in [1.54, 1.807) is 12.1 Å². The number of sulfone groups is 1. The van der Waals surface area contributed by atoms with Gasteiger partial charge in [-0.1, -0.05) is 48.6 Å². The fraction of sp³-hybridized carbons (Fsp3) is 0.188. The lowest BCUT2D eigenvalue weighted by Crippen LogP contribution is -2.23. The molecule has 6 nitrogen and oxygen atoms in total. The predicted molar refractivity (Wildman–Crippen MR) is 93.9 cm³/mol. The van der Waals surface area contributed by atoms with Crippen LogP contribution in [-0.4, -0.2) is 30.3 Å². The third kappa shape index (κ3) is 3.60. The fourth-order valence-electron chi connectivity index (χ4n) is 2.22. The number of rotatable bonds is 5. The summed E-state index contributed by atoms with van der Waals surface area (Å²) in [5.41, 5.74) is 0. The molecule has 0 saturated carbocycles. The number of carbonyl (C=O) groups excluding carboxylic acids is 1. The summed E-state index contributed by atoms with van der Waals surface area (Å²) < 4.78 is 24.9. The second kappa shape index (κ2) is 6.66. The number of nitrogens with one attached hydrogen (secondary N) is 1. The number of anilines is 1. The second-order valence-electron chi connectivity index (χ2n) is 5.17. The number of hydrogen-bond acceptors (Lipinski definition) is 6. The van der Waals surface area contributed by atoms with Crippen molar-refractivity contribution >= 4 is 43.0 Å². The van der Waals surface area contributed by atoms with Gasteiger partial charge in [0.25, 0.3) is 0 Å². The van der Waals surface area contributed by atoms with Crippen LogP contribution in [0.2, 0.25) is 0 Å². The Morgan fingerprint density at radius 2 is 1.88 bits per heavy atom. The summed E-state index contributed by atoms with van der Waals surface area (Å²) in [5, 5.41) is 13.0. The molecule has 0 saturated heterocycles. The molecule has 124 valence electrons. The van der Waals surface area contributed by atoms with Crippen LogP contribution in [0.3, 0.4) is 0 Å². The highest BCUT2D eigenvalue weighted by Crippen LogP contribution is 2.20. The Kier molecular flexibility index (Phi) is 4.59. The molecule has 2 aromatic carbocycles. The van der Waals surface area contributed by atoms with E-state index in [0.29, 0.717) is 11.6 Å². The van der Waals surface area contributed by atoms with E-state index in [1.807, 2.05) is 31.2 Å². The van der Waals surface area contributed by atoms with Crippen molar-refractivity contribution in [2.45, 2.75) is 18.2 Å². The molecule has 1 N–H and O–H groups in total. The van der Waals surface area contributed by atoms with Crippen molar-refractivity contribution in [2.24, 2.45) is 0 Å². The molecule has 0 radical (unpaired) electrons. The van der Waals surface area contributed by atoms with Gasteiger partial charge < -0.3 is 0 Å². The monoisotopic (exact) mass is 361 g/mol. The summed E-state index contributed by atoms with van der Waals surface area (Å²) in [4.78, 5) is 12.1. The number of aromatic nitrogens is 2. The van der Waals surface area contributed by atoms with Crippen LogP contribution in [0.4, 0.5) is 5.13 Å². The van der Waals surface area contributed by atoms with Gasteiger partial charge in [-0.2, -0.15) is 0 Å². The Balaban J connectivity index is 1.77. The van der Waals surface area contributed by atoms with Crippen LogP contribution >= 0.6 is 11.3 Å². The zero-order valence-corrected chi connectivity index (χ0v) is 14.5. The van der Waals surface area contributed by atoms with Crippen LogP contribution in [-0.2, 0) is 21.1 Å². The molecule has 0 spiro atoms. The minimum Gasteiger partial charge on any atom is -0.300 e. The Morgan fingerprint density at radius 3 is 2.58 bits per heavy atom. The lowest BCUT2D eigenvalue weighted by Gasteiger charge is -2.06. The molecule has 1 aromatic heterocycles. The maximum Gasteiger partial charge on any atom is 0.241 e. The van der Waals surface area contributed by atoms with Crippen LogP contribution in [0.15, 0.2) is 47.4 Å². The molecule has 1 heterocycles. The van der Waals surface area contributed by atoms with E-state index in [-0.39, 0.29) is 4.90 Å². The number of amides is 1. The number of fused-ring (bicyclic) bond motifs is 1. The molecule has 0 atom stereocenters. The summed E-state index contributed by atoms with van der Waals surface area (Å²) in [5.74, 6) is -1.26. The van der Waals surface area contributed by atoms with Crippen molar-refractivity contribution in [3.63, 3.8) is 0 Å². The van der Waals surface area contributed by atoms with Gasteiger partial charge in [0.15, 0.2) is 9.84 Å². The summed E-state index contributed by atoms with van der Waals surface area (Å²) in [6.45, 7) is 1.93. The zero-order chi connectivity index (χ0) is 17.2. The minimum atomic E-state index is -3.73. The van der Waals surface area contributed by atoms with Crippen LogP contribution in [0.1, 0.15) is 11.9 Å². The highest BCUT2D eigenvalue weighted by molar-refractivity contribution is 7.92. The number of hydrogen-bond donors (Lipinski definition) is 1. The fourth-order valence-corrected chi connectivity index (χ4v) is 4.08. The highest BCUT2D eigenvalue weighted by atomic mass is 32.2. The van der Waals surface area contributed by atoms with E-state index in [0.717, 1.165) is 15.8 Å². The van der Waals surface area contributed by atoms with Crippen molar-refractivity contribution in [1.82, 2.24) is 10.2 Å². The molecule has 1 amide bonds. The third-order valence-electron chi connectivity index (χ3n) is 3.42. The molecule has 3 aromatic rings. The minimum absolute atomic E-state index is 0.128. The van der Waals surface area contributed by atoms with E-state index >= 15 is 0 Å². The molecule has 0 aliphatic heterocycles. The van der Waals surface area contributed by atoms with Gasteiger partial charge in [-0.3, -0.25) is 10.1 Å². The SMILES string of the molecule is CCc1nnc(NC(=O)CS(=O)(=O)c2ccc3ccccc3c2)s1. The van der Waals surface area contributed by atoms with Crippen LogP contribution in [0.5, 0.6) is 0 Å². The second-order valence-corrected chi connectivity index (χ2v) is 8.22. The Bertz CT molecular complexity index is 996. The average molecular weight is 361 g/mol. The smallest absolute Gasteiger partial charge is 0.241 e. The van der Waals surface area contributed by atoms with Crippen molar-refractivity contribution < 1.29 is 13.2 Å². The summed E-state index contributed by atoms with van der Waals surface area (Å²) >= 11 is 1.24. The lowest BCUT2D eigenvalue weighted by atomic mass is 10.1. The van der Waals surface area contributed by atoms with E-state index in [1.165, 1.54) is 17.4 Å². The van der Waals surface area contributed by atoms with Crippen LogP contribution < -0.4 is 5.32 Å². The van der Waals surface area contributed by atoms with Crippen molar-refractivity contribution in [1.29, 1.82) is 0 Å². The molecule has 3 rings (SSSR count). The molecule has 0 fully saturated rings. The normalized spacial score (nSPS) is 11.5. The average Bonchev–Trinajstić information content (AvgIpc) is 3.01. The summed E-state index contributed by atoms with van der Waals surface area (Å²) in [7, 11) is -3.73. The lowest BCUT2D eigenvalue weighted by molar-refractivity contribution is -0.113. The highest BCUT2D eigenvalue weighted by Gasteiger charge is 2.20. The standard InChI is InChI=1S/C16H15N3O3S2/c1-2-15-18-19-16(23-15)17-14(20)10-24(21,22)13-8-7-11-5-3-4-6-12(11)9-13/h3-9H,2,10H2,1H3,(H,17,19,20). The Hall–Kier alpha value is -2.32. The van der Waals surface area contributed by atoms with E-state index in [2.05, 4.69) is 15.5 Å². The van der Waals surface area contributed by atoms with Gasteiger partial charge in [-0.15, -0.1) is 10.2 Å². The van der Waals surface area contributed by atoms with Crippen molar-refractivity contribution in [3.8, 4) is 0 Å². The van der Waals surface area contributed by atoms with Crippen molar-refractivity contribution in [2.75, 3.05) is 11.1 Å². The van der Waals surface area contributed by atoms with Crippen molar-refractivity contribution in [3.05, 3.63) is 47.5 Å². The first-order chi connectivity index (χ1) is 11.5. The maximum absolute atomic E-state index is 12.4. The molecule has 0 bridgehead atoms. The van der Waals surface area contributed by atoms with Crippen LogP contribution in [0.25, 0.3) is 10.8 Å². The molecule has 0 aliphatic rings. The van der Waals surface area contributed by atoms with Crippen LogP contribution in [0, 0.1) is 0 Å². The van der Waals surface area contributed by atoms with E-state index in [4.69, 9.17) is 0 Å². The first-order valence-corrected chi connectivity index (χ1v) is 9.78. The molecular formula is C16H15N3O3S2. The maximum atomic E-state index is 12.4. The van der Waals surface area contributed by atoms with Gasteiger partial charge in [0, 0.05) is 0 Å². The third-order valence-corrected chi connectivity index (χ3v) is 6.01. The van der Waals surface area contributed by atoms with Gasteiger partial charge in [0.1, 0.15) is 10.8 Å². The summed E-state index contributed by atoms with van der Waals surface area (Å²) in [6.07, 6.45) is 0.711. The van der Waals surface area contributed by atoms with Gasteiger partial charge in [-0.05, 0) is 29.3 Å². The Labute approximate surface area is 143 Å². The summed E-state index contributed by atoms with van der Waals surface area (Å²) in [6, 6.07) is 12.3. The number of aryl methyl sites for hydroxylation is 1. The predicted octanol–water partition coefficient (Wildman–Crippen LogP) is 2.67. The van der Waals surface area contributed by atoms with E-state index < -0.39 is 21.5 Å². The van der Waals surface area contributed by atoms with Gasteiger partial charge in [0.05, 0.1) is 4.90 Å². The molecule has 24 heavy (non-hydrogen) atoms.